The number of hydrogen-bond donors (Lipinski definition) is 0. The maximum absolute atomic E-state index is 12.8. The number of sulfonamides is 1. The Morgan fingerprint density at radius 2 is 2.17 bits per heavy atom. The van der Waals surface area contributed by atoms with Crippen molar-refractivity contribution in [2.24, 2.45) is 5.92 Å². The molecule has 0 bridgehead atoms. The smallest absolute Gasteiger partial charge is 0.406 e. The third kappa shape index (κ3) is 5.23. The molecule has 1 atom stereocenters. The maximum atomic E-state index is 12.8. The van der Waals surface area contributed by atoms with Crippen molar-refractivity contribution in [3.05, 3.63) is 24.2 Å². The number of alkyl halides is 3. The lowest BCUT2D eigenvalue weighted by atomic mass is 9.98. The molecule has 1 fully saturated rings. The van der Waals surface area contributed by atoms with E-state index in [4.69, 9.17) is 4.42 Å². The molecule has 0 aliphatic carbocycles. The monoisotopic (exact) mass is 368 g/mol. The Kier molecular flexibility index (Phi) is 5.59. The first kappa shape index (κ1) is 18.8. The van der Waals surface area contributed by atoms with Gasteiger partial charge in [0.1, 0.15) is 12.3 Å². The molecule has 1 aromatic heterocycles. The van der Waals surface area contributed by atoms with Gasteiger partial charge < -0.3 is 9.32 Å². The van der Waals surface area contributed by atoms with Crippen molar-refractivity contribution in [3.63, 3.8) is 0 Å². The zero-order valence-electron chi connectivity index (χ0n) is 13.1. The molecule has 2 heterocycles. The van der Waals surface area contributed by atoms with Crippen molar-refractivity contribution < 1.29 is 30.8 Å². The van der Waals surface area contributed by atoms with Crippen LogP contribution < -0.4 is 0 Å². The van der Waals surface area contributed by atoms with E-state index in [1.165, 1.54) is 18.4 Å². The molecule has 0 radical (unpaired) electrons. The first-order valence-corrected chi connectivity index (χ1v) is 9.24. The van der Waals surface area contributed by atoms with Crippen molar-refractivity contribution >= 4 is 15.9 Å². The van der Waals surface area contributed by atoms with E-state index in [1.54, 1.807) is 0 Å². The molecule has 24 heavy (non-hydrogen) atoms. The molecule has 2 rings (SSSR count). The van der Waals surface area contributed by atoms with Crippen LogP contribution in [0.3, 0.4) is 0 Å². The third-order valence-corrected chi connectivity index (χ3v) is 5.08. The lowest BCUT2D eigenvalue weighted by Crippen LogP contribution is -2.48. The first-order chi connectivity index (χ1) is 11.1. The van der Waals surface area contributed by atoms with Crippen LogP contribution in [0.5, 0.6) is 0 Å². The quantitative estimate of drug-likeness (QED) is 0.795. The van der Waals surface area contributed by atoms with Gasteiger partial charge in [-0.25, -0.2) is 12.7 Å². The molecule has 6 nitrogen and oxygen atoms in total. The Bertz CT molecular complexity index is 658. The molecule has 1 amide bonds. The van der Waals surface area contributed by atoms with Crippen LogP contribution >= 0.6 is 0 Å². The fourth-order valence-electron chi connectivity index (χ4n) is 2.72. The van der Waals surface area contributed by atoms with E-state index in [2.05, 4.69) is 0 Å². The second kappa shape index (κ2) is 7.14. The van der Waals surface area contributed by atoms with Crippen LogP contribution in [0, 0.1) is 5.92 Å². The molecule has 136 valence electrons. The average molecular weight is 368 g/mol. The highest BCUT2D eigenvalue weighted by molar-refractivity contribution is 7.88. The van der Waals surface area contributed by atoms with Crippen molar-refractivity contribution in [1.82, 2.24) is 9.21 Å². The molecular weight excluding hydrogens is 349 g/mol. The van der Waals surface area contributed by atoms with Crippen molar-refractivity contribution in [3.8, 4) is 0 Å². The third-order valence-electron chi connectivity index (χ3n) is 3.81. The van der Waals surface area contributed by atoms with E-state index in [0.29, 0.717) is 17.7 Å². The summed E-state index contributed by atoms with van der Waals surface area (Å²) in [5, 5.41) is 0. The molecule has 1 unspecified atom stereocenters. The average Bonchev–Trinajstić information content (AvgIpc) is 2.96. The number of nitrogens with zero attached hydrogens (tertiary/aromatic N) is 2. The highest BCUT2D eigenvalue weighted by atomic mass is 32.2. The topological polar surface area (TPSA) is 70.8 Å². The van der Waals surface area contributed by atoms with E-state index in [1.807, 2.05) is 0 Å². The van der Waals surface area contributed by atoms with E-state index < -0.39 is 34.6 Å². The van der Waals surface area contributed by atoms with Gasteiger partial charge in [-0.2, -0.15) is 13.2 Å². The number of piperidine rings is 1. The fraction of sp³-hybridized carbons (Fsp3) is 0.643. The lowest BCUT2D eigenvalue weighted by molar-refractivity contribution is -0.166. The highest BCUT2D eigenvalue weighted by Crippen LogP contribution is 2.25. The van der Waals surface area contributed by atoms with Crippen LogP contribution in [0.2, 0.25) is 0 Å². The summed E-state index contributed by atoms with van der Waals surface area (Å²) in [4.78, 5) is 13.2. The summed E-state index contributed by atoms with van der Waals surface area (Å²) in [5.74, 6) is -1.26. The zero-order chi connectivity index (χ0) is 18.0. The second-order valence-corrected chi connectivity index (χ2v) is 7.83. The Labute approximate surface area is 138 Å². The van der Waals surface area contributed by atoms with Crippen molar-refractivity contribution in [2.45, 2.75) is 25.6 Å². The minimum absolute atomic E-state index is 0.0931. The molecule has 0 N–H and O–H groups in total. The summed E-state index contributed by atoms with van der Waals surface area (Å²) >= 11 is 0. The SMILES string of the molecule is CS(=O)(=O)N1CCCC(C(=O)N(Cc2ccco2)CC(F)(F)F)C1. The van der Waals surface area contributed by atoms with E-state index >= 15 is 0 Å². The summed E-state index contributed by atoms with van der Waals surface area (Å²) in [6, 6.07) is 3.01. The number of amides is 1. The standard InChI is InChI=1S/C14H19F3N2O4S/c1-24(21,22)19-6-2-4-11(8-19)13(20)18(10-14(15,16)17)9-12-5-3-7-23-12/h3,5,7,11H,2,4,6,8-10H2,1H3. The van der Waals surface area contributed by atoms with Gasteiger partial charge in [0.15, 0.2) is 0 Å². The van der Waals surface area contributed by atoms with Crippen LogP contribution in [-0.2, 0) is 21.4 Å². The summed E-state index contributed by atoms with van der Waals surface area (Å²) < 4.78 is 67.8. The Hall–Kier alpha value is -1.55. The lowest BCUT2D eigenvalue weighted by Gasteiger charge is -2.33. The van der Waals surface area contributed by atoms with E-state index in [0.717, 1.165) is 10.6 Å². The summed E-state index contributed by atoms with van der Waals surface area (Å²) in [6.07, 6.45) is -1.41. The minimum atomic E-state index is -4.55. The van der Waals surface area contributed by atoms with E-state index in [9.17, 15) is 26.4 Å². The van der Waals surface area contributed by atoms with Gasteiger partial charge >= 0.3 is 6.18 Å². The number of carbonyl (C=O) groups excluding carboxylic acids is 1. The molecule has 0 aromatic carbocycles. The van der Waals surface area contributed by atoms with Gasteiger partial charge in [-0.1, -0.05) is 0 Å². The van der Waals surface area contributed by atoms with Gasteiger partial charge in [0, 0.05) is 13.1 Å². The Morgan fingerprint density at radius 3 is 2.71 bits per heavy atom. The Morgan fingerprint density at radius 1 is 1.46 bits per heavy atom. The minimum Gasteiger partial charge on any atom is -0.467 e. The van der Waals surface area contributed by atoms with Crippen LogP contribution in [0.25, 0.3) is 0 Å². The van der Waals surface area contributed by atoms with E-state index in [-0.39, 0.29) is 25.4 Å². The number of carbonyl (C=O) groups is 1. The summed E-state index contributed by atoms with van der Waals surface area (Å²) in [5.41, 5.74) is 0. The van der Waals surface area contributed by atoms with Gasteiger partial charge in [-0.05, 0) is 25.0 Å². The maximum Gasteiger partial charge on any atom is 0.406 e. The molecule has 10 heteroatoms. The predicted octanol–water partition coefficient (Wildman–Crippen LogP) is 1.84. The van der Waals surface area contributed by atoms with Crippen LogP contribution in [-0.4, -0.2) is 55.6 Å². The zero-order valence-corrected chi connectivity index (χ0v) is 13.9. The molecule has 0 spiro atoms. The summed E-state index contributed by atoms with van der Waals surface area (Å²) in [7, 11) is -3.48. The number of rotatable bonds is 5. The Balaban J connectivity index is 2.14. The largest absolute Gasteiger partial charge is 0.467 e. The number of halogens is 3. The first-order valence-electron chi connectivity index (χ1n) is 7.39. The van der Waals surface area contributed by atoms with Gasteiger partial charge in [0.25, 0.3) is 0 Å². The molecule has 1 aliphatic rings. The van der Waals surface area contributed by atoms with Crippen molar-refractivity contribution in [1.29, 1.82) is 0 Å². The van der Waals surface area contributed by atoms with Gasteiger partial charge in [-0.15, -0.1) is 0 Å². The molecule has 1 aliphatic heterocycles. The fourth-order valence-corrected chi connectivity index (χ4v) is 3.63. The molecular formula is C14H19F3N2O4S. The summed E-state index contributed by atoms with van der Waals surface area (Å²) in [6.45, 7) is -1.52. The van der Waals surface area contributed by atoms with Crippen molar-refractivity contribution in [2.75, 3.05) is 25.9 Å². The highest BCUT2D eigenvalue weighted by Gasteiger charge is 2.38. The van der Waals surface area contributed by atoms with Gasteiger partial charge in [-0.3, -0.25) is 4.79 Å². The van der Waals surface area contributed by atoms with Gasteiger partial charge in [0.05, 0.1) is 25.0 Å². The predicted molar refractivity (Wildman–Crippen MR) is 79.3 cm³/mol. The molecule has 1 aromatic rings. The van der Waals surface area contributed by atoms with Crippen LogP contribution in [0.4, 0.5) is 13.2 Å². The number of hydrogen-bond acceptors (Lipinski definition) is 4. The molecule has 0 saturated carbocycles. The molecule has 1 saturated heterocycles. The second-order valence-electron chi connectivity index (χ2n) is 5.85. The van der Waals surface area contributed by atoms with Gasteiger partial charge in [0.2, 0.25) is 15.9 Å². The van der Waals surface area contributed by atoms with Crippen LogP contribution in [0.15, 0.2) is 22.8 Å². The normalized spacial score (nSPS) is 20.1. The number of furan rings is 1. The van der Waals surface area contributed by atoms with Crippen LogP contribution in [0.1, 0.15) is 18.6 Å².